The summed E-state index contributed by atoms with van der Waals surface area (Å²) in [6.07, 6.45) is 0. The van der Waals surface area contributed by atoms with E-state index in [0.717, 1.165) is 5.52 Å². The zero-order chi connectivity index (χ0) is 12.9. The number of nitrogens with one attached hydrogen (secondary N) is 1. The van der Waals surface area contributed by atoms with Crippen molar-refractivity contribution in [2.45, 2.75) is 6.92 Å². The monoisotopic (exact) mass is 239 g/mol. The lowest BCUT2D eigenvalue weighted by Gasteiger charge is -2.03. The Hall–Kier alpha value is -2.74. The lowest BCUT2D eigenvalue weighted by Crippen LogP contribution is -2.16. The molecule has 0 radical (unpaired) electrons. The number of rotatable bonds is 0. The molecule has 0 saturated carbocycles. The summed E-state index contributed by atoms with van der Waals surface area (Å²) in [7, 11) is 0. The van der Waals surface area contributed by atoms with Crippen LogP contribution < -0.4 is 5.56 Å². The highest BCUT2D eigenvalue weighted by atomic mass is 16.3. The van der Waals surface area contributed by atoms with Crippen LogP contribution >= 0.6 is 0 Å². The molecule has 2 aromatic heterocycles. The fourth-order valence-electron chi connectivity index (χ4n) is 2.14. The minimum absolute atomic E-state index is 0.0864. The van der Waals surface area contributed by atoms with Crippen LogP contribution in [-0.4, -0.2) is 14.5 Å². The average Bonchev–Trinajstić information content (AvgIpc) is 2.76. The first-order valence-electron chi connectivity index (χ1n) is 5.40. The van der Waals surface area contributed by atoms with E-state index in [4.69, 9.17) is 5.26 Å². The van der Waals surface area contributed by atoms with Gasteiger partial charge in [0.1, 0.15) is 23.0 Å². The predicted octanol–water partition coefficient (Wildman–Crippen LogP) is 1.67. The van der Waals surface area contributed by atoms with E-state index in [1.807, 2.05) is 24.3 Å². The Bertz CT molecular complexity index is 881. The second-order valence-corrected chi connectivity index (χ2v) is 4.09. The summed E-state index contributed by atoms with van der Waals surface area (Å²) in [5, 5.41) is 19.0. The van der Waals surface area contributed by atoms with Crippen molar-refractivity contribution < 1.29 is 5.11 Å². The molecule has 0 atom stereocenters. The molecule has 3 aromatic rings. The molecule has 0 aliphatic heterocycles. The van der Waals surface area contributed by atoms with E-state index in [2.05, 4.69) is 4.98 Å². The molecule has 0 bridgehead atoms. The molecule has 0 aliphatic carbocycles. The summed E-state index contributed by atoms with van der Waals surface area (Å²) in [6.45, 7) is 1.51. The van der Waals surface area contributed by atoms with Crippen molar-refractivity contribution in [2.75, 3.05) is 0 Å². The number of hydrogen-bond acceptors (Lipinski definition) is 3. The van der Waals surface area contributed by atoms with Gasteiger partial charge in [0.05, 0.1) is 16.6 Å². The maximum atomic E-state index is 12.2. The van der Waals surface area contributed by atoms with Crippen molar-refractivity contribution in [3.8, 4) is 11.8 Å². The van der Waals surface area contributed by atoms with Gasteiger partial charge in [0.25, 0.3) is 5.56 Å². The number of aromatic nitrogens is 2. The summed E-state index contributed by atoms with van der Waals surface area (Å²) in [5.41, 5.74) is 1.70. The molecule has 5 nitrogen and oxygen atoms in total. The van der Waals surface area contributed by atoms with Gasteiger partial charge in [-0.25, -0.2) is 0 Å². The Morgan fingerprint density at radius 3 is 2.83 bits per heavy atom. The van der Waals surface area contributed by atoms with Crippen LogP contribution in [-0.2, 0) is 0 Å². The number of imidazole rings is 1. The van der Waals surface area contributed by atoms with E-state index in [9.17, 15) is 9.90 Å². The first-order valence-corrected chi connectivity index (χ1v) is 5.40. The van der Waals surface area contributed by atoms with Gasteiger partial charge in [-0.05, 0) is 19.1 Å². The molecule has 18 heavy (non-hydrogen) atoms. The Morgan fingerprint density at radius 1 is 1.39 bits per heavy atom. The van der Waals surface area contributed by atoms with Gasteiger partial charge in [-0.3, -0.25) is 9.20 Å². The smallest absolute Gasteiger partial charge is 0.263 e. The van der Waals surface area contributed by atoms with Crippen LogP contribution in [0.15, 0.2) is 29.1 Å². The molecule has 0 fully saturated rings. The summed E-state index contributed by atoms with van der Waals surface area (Å²) >= 11 is 0. The Kier molecular flexibility index (Phi) is 1.95. The van der Waals surface area contributed by atoms with Crippen LogP contribution in [0.4, 0.5) is 0 Å². The van der Waals surface area contributed by atoms with E-state index < -0.39 is 0 Å². The maximum Gasteiger partial charge on any atom is 0.263 e. The number of pyridine rings is 1. The number of hydrogen-bond donors (Lipinski definition) is 2. The van der Waals surface area contributed by atoms with Crippen molar-refractivity contribution in [3.05, 3.63) is 45.7 Å². The van der Waals surface area contributed by atoms with E-state index >= 15 is 0 Å². The largest absolute Gasteiger partial charge is 0.506 e. The minimum atomic E-state index is -0.320. The Morgan fingerprint density at radius 2 is 2.11 bits per heavy atom. The van der Waals surface area contributed by atoms with E-state index in [0.29, 0.717) is 11.2 Å². The number of H-pyrrole nitrogens is 1. The predicted molar refractivity (Wildman–Crippen MR) is 66.6 cm³/mol. The molecule has 0 unspecified atom stereocenters. The van der Waals surface area contributed by atoms with Gasteiger partial charge < -0.3 is 10.1 Å². The van der Waals surface area contributed by atoms with Gasteiger partial charge in [-0.2, -0.15) is 5.26 Å². The van der Waals surface area contributed by atoms with Gasteiger partial charge >= 0.3 is 0 Å². The second-order valence-electron chi connectivity index (χ2n) is 4.09. The van der Waals surface area contributed by atoms with Crippen molar-refractivity contribution in [2.24, 2.45) is 0 Å². The molecular formula is C13H9N3O2. The first-order chi connectivity index (χ1) is 8.65. The molecule has 0 saturated heterocycles. The molecule has 3 rings (SSSR count). The average molecular weight is 239 g/mol. The summed E-state index contributed by atoms with van der Waals surface area (Å²) < 4.78 is 1.42. The summed E-state index contributed by atoms with van der Waals surface area (Å²) in [5.74, 6) is -0.256. The number of para-hydroxylation sites is 2. The molecule has 88 valence electrons. The molecule has 0 spiro atoms. The number of fused-ring (bicyclic) bond motifs is 3. The summed E-state index contributed by atoms with van der Waals surface area (Å²) in [6, 6.07) is 9.18. The zero-order valence-corrected chi connectivity index (χ0v) is 9.56. The van der Waals surface area contributed by atoms with Crippen molar-refractivity contribution >= 4 is 16.7 Å². The topological polar surface area (TPSA) is 81.3 Å². The fraction of sp³-hybridized carbons (Fsp3) is 0.0769. The number of benzene rings is 1. The van der Waals surface area contributed by atoms with Crippen molar-refractivity contribution in [1.82, 2.24) is 9.38 Å². The summed E-state index contributed by atoms with van der Waals surface area (Å²) in [4.78, 5) is 15.2. The third-order valence-corrected chi connectivity index (χ3v) is 3.09. The Labute approximate surface area is 102 Å². The number of nitriles is 1. The lowest BCUT2D eigenvalue weighted by atomic mass is 10.2. The molecular weight excluding hydrogens is 230 g/mol. The zero-order valence-electron chi connectivity index (χ0n) is 9.56. The number of nitrogens with zero attached hydrogens (tertiary/aromatic N) is 2. The van der Waals surface area contributed by atoms with Crippen LogP contribution in [0.3, 0.4) is 0 Å². The standard InChI is InChI=1S/C13H9N3O2/c1-7-11(17)8(6-14)12-15-9-4-2-3-5-10(9)16(12)13(7)18/h2-5,15,17H,1H3. The van der Waals surface area contributed by atoms with Crippen molar-refractivity contribution in [1.29, 1.82) is 5.26 Å². The van der Waals surface area contributed by atoms with E-state index in [1.54, 1.807) is 6.07 Å². The van der Waals surface area contributed by atoms with Crippen LogP contribution in [0.5, 0.6) is 5.75 Å². The lowest BCUT2D eigenvalue weighted by molar-refractivity contribution is 0.468. The van der Waals surface area contributed by atoms with Crippen LogP contribution in [0.25, 0.3) is 16.7 Å². The third-order valence-electron chi connectivity index (χ3n) is 3.09. The minimum Gasteiger partial charge on any atom is -0.506 e. The maximum absolute atomic E-state index is 12.2. The normalized spacial score (nSPS) is 10.9. The highest BCUT2D eigenvalue weighted by Crippen LogP contribution is 2.25. The molecule has 1 aromatic carbocycles. The quantitative estimate of drug-likeness (QED) is 0.626. The third kappa shape index (κ3) is 1.12. The van der Waals surface area contributed by atoms with Crippen LogP contribution in [0.1, 0.15) is 11.1 Å². The SMILES string of the molecule is Cc1c(O)c(C#N)c2[nH]c3ccccc3n2c1=O. The van der Waals surface area contributed by atoms with Crippen molar-refractivity contribution in [3.63, 3.8) is 0 Å². The van der Waals surface area contributed by atoms with Crippen LogP contribution in [0, 0.1) is 18.3 Å². The number of aromatic amines is 1. The van der Waals surface area contributed by atoms with Gasteiger partial charge in [-0.1, -0.05) is 12.1 Å². The van der Waals surface area contributed by atoms with E-state index in [-0.39, 0.29) is 22.4 Å². The van der Waals surface area contributed by atoms with Gasteiger partial charge in [0.15, 0.2) is 0 Å². The second kappa shape index (κ2) is 3.37. The van der Waals surface area contributed by atoms with Crippen LogP contribution in [0.2, 0.25) is 0 Å². The molecule has 2 heterocycles. The molecule has 2 N–H and O–H groups in total. The molecule has 5 heteroatoms. The Balaban J connectivity index is 2.74. The van der Waals surface area contributed by atoms with Gasteiger partial charge in [0, 0.05) is 0 Å². The van der Waals surface area contributed by atoms with Gasteiger partial charge in [0.2, 0.25) is 0 Å². The first kappa shape index (κ1) is 10.4. The number of aromatic hydroxyl groups is 1. The fourth-order valence-corrected chi connectivity index (χ4v) is 2.14. The molecule has 0 aliphatic rings. The highest BCUT2D eigenvalue weighted by Gasteiger charge is 2.17. The van der Waals surface area contributed by atoms with E-state index in [1.165, 1.54) is 11.3 Å². The molecule has 0 amide bonds. The van der Waals surface area contributed by atoms with Gasteiger partial charge in [-0.15, -0.1) is 0 Å². The highest BCUT2D eigenvalue weighted by molar-refractivity contribution is 5.83.